The summed E-state index contributed by atoms with van der Waals surface area (Å²) in [5, 5.41) is 2.55. The number of benzene rings is 3. The van der Waals surface area contributed by atoms with Crippen molar-refractivity contribution in [3.05, 3.63) is 94.6 Å². The third kappa shape index (κ3) is 6.04. The molecule has 0 fully saturated rings. The number of aryl methyl sites for hydroxylation is 3. The van der Waals surface area contributed by atoms with Gasteiger partial charge in [-0.25, -0.2) is 0 Å². The highest BCUT2D eigenvalue weighted by atomic mass is 32.2. The number of hydrogen-bond donors (Lipinski definition) is 1. The molecule has 5 rings (SSSR count). The highest BCUT2D eigenvalue weighted by Crippen LogP contribution is 2.47. The molecule has 0 radical (unpaired) electrons. The van der Waals surface area contributed by atoms with Crippen LogP contribution in [0.15, 0.2) is 87.6 Å². The topological polar surface area (TPSA) is 70.7 Å². The average molecular weight is 550 g/mol. The molecule has 0 aliphatic carbocycles. The van der Waals surface area contributed by atoms with E-state index in [0.29, 0.717) is 0 Å². The molecule has 198 valence electrons. The monoisotopic (exact) mass is 549 g/mol. The van der Waals surface area contributed by atoms with Crippen LogP contribution < -0.4 is 14.2 Å². The summed E-state index contributed by atoms with van der Waals surface area (Å²) >= 11 is 1.83. The molecular weight excluding hydrogens is 516 g/mol. The molecule has 0 bridgehead atoms. The molecule has 0 amide bonds. The van der Waals surface area contributed by atoms with Crippen molar-refractivity contribution in [3.8, 4) is 5.75 Å². The zero-order chi connectivity index (χ0) is 27.4. The molecule has 3 aromatic carbocycles. The number of anilines is 1. The Morgan fingerprint density at radius 1 is 0.947 bits per heavy atom. The van der Waals surface area contributed by atoms with E-state index in [2.05, 4.69) is 78.8 Å². The fourth-order valence-corrected chi connectivity index (χ4v) is 6.05. The second kappa shape index (κ2) is 11.6. The number of thioether (sulfide) groups is 1. The molecule has 0 spiro atoms. The summed E-state index contributed by atoms with van der Waals surface area (Å²) in [5.41, 5.74) is 5.99. The molecule has 8 heteroatoms. The summed E-state index contributed by atoms with van der Waals surface area (Å²) < 4.78 is 37.4. The largest absolute Gasteiger partial charge is 0.497 e. The van der Waals surface area contributed by atoms with Crippen LogP contribution in [0.2, 0.25) is 0 Å². The minimum Gasteiger partial charge on any atom is -0.497 e. The standard InChI is InChI=1S/C23H25N2OS.C7H8O3S/c1-5-24-18(9-8-17-13-16(3)7-11-20(17)24)14-23-25(6-2)21-15-19(26-4)10-12-22(21)27-23;1-6-2-4-7(5-3-6)11(8,9)10/h7-15H,5-6H2,1-4H3;2-5H,1H3,(H,8,9,10)/q+1;. The van der Waals surface area contributed by atoms with Crippen molar-refractivity contribution < 1.29 is 22.3 Å². The Hall–Kier alpha value is -3.33. The first-order valence-electron chi connectivity index (χ1n) is 12.5. The Balaban J connectivity index is 0.000000257. The number of aromatic nitrogens is 1. The van der Waals surface area contributed by atoms with E-state index in [9.17, 15) is 8.42 Å². The fourth-order valence-electron chi connectivity index (χ4n) is 4.41. The van der Waals surface area contributed by atoms with Gasteiger partial charge in [-0.3, -0.25) is 4.55 Å². The minimum atomic E-state index is -4.02. The van der Waals surface area contributed by atoms with Gasteiger partial charge in [0.1, 0.15) is 12.3 Å². The van der Waals surface area contributed by atoms with Crippen LogP contribution in [-0.4, -0.2) is 26.6 Å². The van der Waals surface area contributed by atoms with Crippen molar-refractivity contribution in [3.63, 3.8) is 0 Å². The quantitative estimate of drug-likeness (QED) is 0.222. The molecule has 0 saturated heterocycles. The van der Waals surface area contributed by atoms with Gasteiger partial charge < -0.3 is 9.64 Å². The van der Waals surface area contributed by atoms with E-state index in [1.54, 1.807) is 19.2 Å². The van der Waals surface area contributed by atoms with Gasteiger partial charge in [0.05, 0.1) is 22.7 Å². The molecule has 1 N–H and O–H groups in total. The highest BCUT2D eigenvalue weighted by molar-refractivity contribution is 8.03. The zero-order valence-electron chi connectivity index (χ0n) is 22.3. The Morgan fingerprint density at radius 3 is 2.29 bits per heavy atom. The maximum Gasteiger partial charge on any atom is 0.294 e. The van der Waals surface area contributed by atoms with Crippen molar-refractivity contribution in [1.82, 2.24) is 0 Å². The lowest BCUT2D eigenvalue weighted by atomic mass is 10.1. The number of rotatable bonds is 5. The Morgan fingerprint density at radius 2 is 1.66 bits per heavy atom. The number of nitrogens with zero attached hydrogens (tertiary/aromatic N) is 2. The van der Waals surface area contributed by atoms with Crippen molar-refractivity contribution in [2.24, 2.45) is 0 Å². The normalized spacial score (nSPS) is 13.8. The first-order chi connectivity index (χ1) is 18.1. The van der Waals surface area contributed by atoms with Crippen LogP contribution in [0, 0.1) is 13.8 Å². The predicted octanol–water partition coefficient (Wildman–Crippen LogP) is 6.64. The van der Waals surface area contributed by atoms with E-state index in [-0.39, 0.29) is 4.90 Å². The lowest BCUT2D eigenvalue weighted by Gasteiger charge is -2.18. The van der Waals surface area contributed by atoms with E-state index in [1.807, 2.05) is 24.8 Å². The summed E-state index contributed by atoms with van der Waals surface area (Å²) in [7, 11) is -2.30. The third-order valence-corrected chi connectivity index (χ3v) is 8.36. The molecule has 6 nitrogen and oxygen atoms in total. The van der Waals surface area contributed by atoms with Crippen LogP contribution in [0.3, 0.4) is 0 Å². The van der Waals surface area contributed by atoms with Crippen LogP contribution >= 0.6 is 11.8 Å². The van der Waals surface area contributed by atoms with Gasteiger partial charge in [-0.15, -0.1) is 0 Å². The summed E-state index contributed by atoms with van der Waals surface area (Å²) in [6.07, 6.45) is 2.31. The highest BCUT2D eigenvalue weighted by Gasteiger charge is 2.26. The molecular formula is C30H33N2O4S2+. The molecule has 2 heterocycles. The molecule has 0 unspecified atom stereocenters. The SMILES string of the molecule is CCN1/C(=C/c2ccc3cc(C)ccc3[n+]2CC)Sc2ccc(OC)cc21.Cc1ccc(S(=O)(=O)O)cc1. The van der Waals surface area contributed by atoms with Gasteiger partial charge in [0, 0.05) is 41.1 Å². The lowest BCUT2D eigenvalue weighted by Crippen LogP contribution is -2.37. The van der Waals surface area contributed by atoms with Gasteiger partial charge >= 0.3 is 0 Å². The van der Waals surface area contributed by atoms with E-state index >= 15 is 0 Å². The average Bonchev–Trinajstić information content (AvgIpc) is 3.24. The van der Waals surface area contributed by atoms with Crippen molar-refractivity contribution in [2.45, 2.75) is 44.0 Å². The number of ether oxygens (including phenoxy) is 1. The first kappa shape index (κ1) is 27.7. The summed E-state index contributed by atoms with van der Waals surface area (Å²) in [4.78, 5) is 3.58. The lowest BCUT2D eigenvalue weighted by molar-refractivity contribution is -0.669. The van der Waals surface area contributed by atoms with Gasteiger partial charge in [0.25, 0.3) is 10.1 Å². The number of methoxy groups -OCH3 is 1. The minimum absolute atomic E-state index is 0.0666. The van der Waals surface area contributed by atoms with E-state index in [0.717, 1.165) is 24.4 Å². The molecule has 1 aliphatic rings. The second-order valence-electron chi connectivity index (χ2n) is 9.02. The predicted molar refractivity (Wildman–Crippen MR) is 155 cm³/mol. The first-order valence-corrected chi connectivity index (χ1v) is 14.7. The Bertz CT molecular complexity index is 1600. The molecule has 38 heavy (non-hydrogen) atoms. The molecule has 0 saturated carbocycles. The number of hydrogen-bond acceptors (Lipinski definition) is 5. The maximum atomic E-state index is 10.5. The Labute approximate surface area is 229 Å². The van der Waals surface area contributed by atoms with E-state index in [1.165, 1.54) is 49.9 Å². The van der Waals surface area contributed by atoms with Gasteiger partial charge in [-0.2, -0.15) is 13.0 Å². The number of pyridine rings is 1. The molecule has 1 aromatic heterocycles. The van der Waals surface area contributed by atoms with Crippen LogP contribution in [0.5, 0.6) is 5.75 Å². The van der Waals surface area contributed by atoms with E-state index in [4.69, 9.17) is 9.29 Å². The smallest absolute Gasteiger partial charge is 0.294 e. The fraction of sp³-hybridized carbons (Fsp3) is 0.233. The molecule has 0 atom stereocenters. The van der Waals surface area contributed by atoms with Gasteiger partial charge in [0.15, 0.2) is 0 Å². The van der Waals surface area contributed by atoms with Crippen LogP contribution in [0.25, 0.3) is 17.0 Å². The van der Waals surface area contributed by atoms with E-state index < -0.39 is 10.1 Å². The van der Waals surface area contributed by atoms with Gasteiger partial charge in [-0.1, -0.05) is 41.1 Å². The Kier molecular flexibility index (Phi) is 8.45. The molecule has 1 aliphatic heterocycles. The van der Waals surface area contributed by atoms with Gasteiger partial charge in [0.2, 0.25) is 11.2 Å². The molecule has 4 aromatic rings. The summed E-state index contributed by atoms with van der Waals surface area (Å²) in [5.74, 6) is 0.902. The zero-order valence-corrected chi connectivity index (χ0v) is 23.9. The van der Waals surface area contributed by atoms with Crippen LogP contribution in [0.1, 0.15) is 30.7 Å². The maximum absolute atomic E-state index is 10.5. The van der Waals surface area contributed by atoms with Crippen molar-refractivity contribution >= 4 is 44.5 Å². The van der Waals surface area contributed by atoms with Crippen molar-refractivity contribution in [1.29, 1.82) is 0 Å². The van der Waals surface area contributed by atoms with Crippen LogP contribution in [-0.2, 0) is 16.7 Å². The van der Waals surface area contributed by atoms with Gasteiger partial charge in [-0.05, 0) is 64.1 Å². The second-order valence-corrected chi connectivity index (χ2v) is 11.5. The van der Waals surface area contributed by atoms with Crippen LogP contribution in [0.4, 0.5) is 5.69 Å². The summed E-state index contributed by atoms with van der Waals surface area (Å²) in [6, 6.07) is 23.4. The third-order valence-electron chi connectivity index (χ3n) is 6.38. The van der Waals surface area contributed by atoms with Crippen molar-refractivity contribution in [2.75, 3.05) is 18.6 Å². The number of fused-ring (bicyclic) bond motifs is 2. The summed E-state index contributed by atoms with van der Waals surface area (Å²) in [6.45, 7) is 10.3.